The zero-order chi connectivity index (χ0) is 24.2. The van der Waals surface area contributed by atoms with Gasteiger partial charge in [0.25, 0.3) is 0 Å². The van der Waals surface area contributed by atoms with Crippen LogP contribution in [0.2, 0.25) is 0 Å². The van der Waals surface area contributed by atoms with Crippen molar-refractivity contribution in [3.8, 4) is 0 Å². The van der Waals surface area contributed by atoms with E-state index in [0.717, 1.165) is 29.8 Å². The van der Waals surface area contributed by atoms with Gasteiger partial charge >= 0.3 is 6.03 Å². The number of fused-ring (bicyclic) bond motifs is 3. The predicted octanol–water partition coefficient (Wildman–Crippen LogP) is 4.00. The number of hydrogen-bond acceptors (Lipinski definition) is 6. The number of benzene rings is 2. The van der Waals surface area contributed by atoms with Gasteiger partial charge in [0.2, 0.25) is 5.95 Å². The number of nitrogens with one attached hydrogen (secondary N) is 2. The molecule has 6 rings (SSSR count). The van der Waals surface area contributed by atoms with Crippen molar-refractivity contribution < 1.29 is 13.4 Å². The van der Waals surface area contributed by atoms with Crippen molar-refractivity contribution in [2.75, 3.05) is 41.4 Å². The molecule has 1 spiro atoms. The molecule has 1 saturated heterocycles. The maximum Gasteiger partial charge on any atom is 0.322 e. The van der Waals surface area contributed by atoms with Crippen molar-refractivity contribution in [2.45, 2.75) is 29.7 Å². The van der Waals surface area contributed by atoms with E-state index < -0.39 is 16.3 Å². The summed E-state index contributed by atoms with van der Waals surface area (Å²) in [5.74, 6) is 1.17. The Morgan fingerprint density at radius 3 is 2.71 bits per heavy atom. The van der Waals surface area contributed by atoms with Gasteiger partial charge in [-0.3, -0.25) is 4.21 Å². The van der Waals surface area contributed by atoms with Gasteiger partial charge < -0.3 is 20.4 Å². The fraction of sp³-hybridized carbons (Fsp3) is 0.320. The first kappa shape index (κ1) is 22.0. The van der Waals surface area contributed by atoms with E-state index >= 15 is 0 Å². The second kappa shape index (κ2) is 8.30. The molecule has 8 nitrogen and oxygen atoms in total. The molecule has 0 aliphatic carbocycles. The summed E-state index contributed by atoms with van der Waals surface area (Å²) in [5.41, 5.74) is 2.91. The fourth-order valence-electron chi connectivity index (χ4n) is 5.37. The number of halogens is 1. The number of carbonyl (C=O) groups is 1. The van der Waals surface area contributed by atoms with Crippen LogP contribution >= 0.6 is 0 Å². The molecule has 1 aromatic heterocycles. The molecule has 3 aromatic rings. The van der Waals surface area contributed by atoms with Gasteiger partial charge in [-0.05, 0) is 37.1 Å². The highest BCUT2D eigenvalue weighted by Gasteiger charge is 2.46. The summed E-state index contributed by atoms with van der Waals surface area (Å²) in [6.07, 6.45) is 2.07. The second-order valence-electron chi connectivity index (χ2n) is 9.14. The Morgan fingerprint density at radius 2 is 1.91 bits per heavy atom. The summed E-state index contributed by atoms with van der Waals surface area (Å²) in [6.45, 7) is 1.32. The first-order chi connectivity index (χ1) is 16.9. The van der Waals surface area contributed by atoms with Gasteiger partial charge in [-0.25, -0.2) is 14.2 Å². The molecule has 0 bridgehead atoms. The van der Waals surface area contributed by atoms with Crippen LogP contribution < -0.4 is 15.5 Å². The molecule has 2 N–H and O–H groups in total. The third kappa shape index (κ3) is 3.63. The van der Waals surface area contributed by atoms with Gasteiger partial charge in [-0.2, -0.15) is 4.98 Å². The average Bonchev–Trinajstić information content (AvgIpc) is 3.24. The number of para-hydroxylation sites is 1. The molecule has 10 heteroatoms. The monoisotopic (exact) mass is 492 g/mol. The van der Waals surface area contributed by atoms with Crippen LogP contribution in [0.15, 0.2) is 53.4 Å². The molecule has 2 amide bonds. The maximum absolute atomic E-state index is 13.8. The van der Waals surface area contributed by atoms with Crippen molar-refractivity contribution in [1.29, 1.82) is 0 Å². The number of rotatable bonds is 3. The number of urea groups is 1. The SMILES string of the molecule is CN1C(=O)Nc2ccccc2C12CCN(c1nc3c(c(Nc4cccc(F)c4)n1)S(=O)CC3)CC2. The molecule has 180 valence electrons. The minimum Gasteiger partial charge on any atom is -0.341 e. The summed E-state index contributed by atoms with van der Waals surface area (Å²) in [5, 5.41) is 6.14. The molecule has 0 saturated carbocycles. The number of aryl methyl sites for hydroxylation is 1. The van der Waals surface area contributed by atoms with E-state index in [0.29, 0.717) is 47.6 Å². The minimum atomic E-state index is -1.20. The molecule has 1 atom stereocenters. The largest absolute Gasteiger partial charge is 0.341 e. The smallest absolute Gasteiger partial charge is 0.322 e. The lowest BCUT2D eigenvalue weighted by Crippen LogP contribution is -2.57. The van der Waals surface area contributed by atoms with Crippen molar-refractivity contribution in [1.82, 2.24) is 14.9 Å². The number of amides is 2. The quantitative estimate of drug-likeness (QED) is 0.575. The number of nitrogens with zero attached hydrogens (tertiary/aromatic N) is 4. The van der Waals surface area contributed by atoms with E-state index in [1.54, 1.807) is 12.1 Å². The van der Waals surface area contributed by atoms with Gasteiger partial charge in [0.1, 0.15) is 10.7 Å². The minimum absolute atomic E-state index is 0.102. The lowest BCUT2D eigenvalue weighted by atomic mass is 9.77. The highest BCUT2D eigenvalue weighted by atomic mass is 32.2. The van der Waals surface area contributed by atoms with Crippen LogP contribution in [0.1, 0.15) is 24.1 Å². The van der Waals surface area contributed by atoms with Crippen LogP contribution in [0, 0.1) is 5.82 Å². The summed E-state index contributed by atoms with van der Waals surface area (Å²) in [7, 11) is 0.655. The standard InChI is InChI=1S/C25H25FN6O2S/c1-31-24(33)29-19-8-3-2-7-18(19)25(31)10-12-32(13-11-25)23-28-20-9-14-35(34)21(20)22(30-23)27-17-6-4-5-16(26)15-17/h2-8,15H,9-14H2,1H3,(H,29,33)(H,27,28,30). The van der Waals surface area contributed by atoms with Crippen molar-refractivity contribution in [3.63, 3.8) is 0 Å². The summed E-state index contributed by atoms with van der Waals surface area (Å²) < 4.78 is 26.4. The van der Waals surface area contributed by atoms with E-state index in [9.17, 15) is 13.4 Å². The Labute approximate surface area is 205 Å². The summed E-state index contributed by atoms with van der Waals surface area (Å²) in [6, 6.07) is 14.0. The first-order valence-corrected chi connectivity index (χ1v) is 13.0. The molecule has 1 unspecified atom stereocenters. The van der Waals surface area contributed by atoms with E-state index in [-0.39, 0.29) is 11.8 Å². The van der Waals surface area contributed by atoms with Crippen LogP contribution in [0.25, 0.3) is 0 Å². The Morgan fingerprint density at radius 1 is 1.11 bits per heavy atom. The zero-order valence-corrected chi connectivity index (χ0v) is 20.1. The van der Waals surface area contributed by atoms with Gasteiger partial charge in [0.15, 0.2) is 5.82 Å². The Hall–Kier alpha value is -3.53. The lowest BCUT2D eigenvalue weighted by Gasteiger charge is -2.50. The van der Waals surface area contributed by atoms with Gasteiger partial charge in [0.05, 0.1) is 22.0 Å². The van der Waals surface area contributed by atoms with Crippen LogP contribution in [0.4, 0.5) is 32.3 Å². The van der Waals surface area contributed by atoms with E-state index in [1.165, 1.54) is 12.1 Å². The highest BCUT2D eigenvalue weighted by molar-refractivity contribution is 7.85. The van der Waals surface area contributed by atoms with E-state index in [1.807, 2.05) is 30.1 Å². The zero-order valence-electron chi connectivity index (χ0n) is 19.3. The molecule has 2 aromatic carbocycles. The molecule has 35 heavy (non-hydrogen) atoms. The second-order valence-corrected chi connectivity index (χ2v) is 10.6. The van der Waals surface area contributed by atoms with Crippen molar-refractivity contribution in [2.24, 2.45) is 0 Å². The Balaban J connectivity index is 1.32. The highest BCUT2D eigenvalue weighted by Crippen LogP contribution is 2.45. The van der Waals surface area contributed by atoms with Gasteiger partial charge in [0, 0.05) is 49.2 Å². The van der Waals surface area contributed by atoms with Gasteiger partial charge in [-0.1, -0.05) is 24.3 Å². The predicted molar refractivity (Wildman–Crippen MR) is 133 cm³/mol. The van der Waals surface area contributed by atoms with Crippen LogP contribution in [0.3, 0.4) is 0 Å². The average molecular weight is 493 g/mol. The Bertz CT molecular complexity index is 1360. The molecule has 3 aliphatic rings. The summed E-state index contributed by atoms with van der Waals surface area (Å²) in [4.78, 5) is 26.8. The number of aromatic nitrogens is 2. The number of piperidine rings is 1. The van der Waals surface area contributed by atoms with Crippen LogP contribution in [0.5, 0.6) is 0 Å². The van der Waals surface area contributed by atoms with Crippen LogP contribution in [-0.4, -0.2) is 51.0 Å². The molecule has 1 fully saturated rings. The number of hydrogen-bond donors (Lipinski definition) is 2. The van der Waals surface area contributed by atoms with Crippen molar-refractivity contribution in [3.05, 3.63) is 65.6 Å². The topological polar surface area (TPSA) is 90.5 Å². The first-order valence-electron chi connectivity index (χ1n) is 11.7. The van der Waals surface area contributed by atoms with E-state index in [4.69, 9.17) is 9.97 Å². The maximum atomic E-state index is 13.8. The molecular formula is C25H25FN6O2S. The van der Waals surface area contributed by atoms with Crippen LogP contribution in [-0.2, 0) is 22.8 Å². The summed E-state index contributed by atoms with van der Waals surface area (Å²) >= 11 is 0. The molecule has 4 heterocycles. The third-order valence-corrected chi connectivity index (χ3v) is 8.71. The normalized spacial score (nSPS) is 20.4. The van der Waals surface area contributed by atoms with Crippen molar-refractivity contribution >= 4 is 40.0 Å². The Kier molecular flexibility index (Phi) is 5.21. The molecular weight excluding hydrogens is 467 g/mol. The fourth-order valence-corrected chi connectivity index (χ4v) is 6.67. The lowest BCUT2D eigenvalue weighted by molar-refractivity contribution is 0.113. The number of anilines is 4. The molecule has 3 aliphatic heterocycles. The number of carbonyl (C=O) groups excluding carboxylic acids is 1. The third-order valence-electron chi connectivity index (χ3n) is 7.25. The molecule has 0 radical (unpaired) electrons. The van der Waals surface area contributed by atoms with E-state index in [2.05, 4.69) is 21.6 Å². The van der Waals surface area contributed by atoms with Gasteiger partial charge in [-0.15, -0.1) is 0 Å².